The van der Waals surface area contributed by atoms with Crippen LogP contribution in [0.1, 0.15) is 43.1 Å². The van der Waals surface area contributed by atoms with E-state index in [0.717, 1.165) is 49.6 Å². The first-order valence-electron chi connectivity index (χ1n) is 9.11. The van der Waals surface area contributed by atoms with Crippen molar-refractivity contribution in [3.8, 4) is 10.7 Å². The smallest absolute Gasteiger partial charge is 0.273 e. The van der Waals surface area contributed by atoms with Crippen LogP contribution in [0.15, 0.2) is 35.7 Å². The van der Waals surface area contributed by atoms with E-state index in [0.29, 0.717) is 5.69 Å². The summed E-state index contributed by atoms with van der Waals surface area (Å²) >= 11 is 1.57. The maximum atomic E-state index is 12.7. The fraction of sp³-hybridized carbons (Fsp3) is 0.400. The van der Waals surface area contributed by atoms with E-state index in [9.17, 15) is 4.79 Å². The number of para-hydroxylation sites is 1. The van der Waals surface area contributed by atoms with Crippen LogP contribution < -0.4 is 0 Å². The van der Waals surface area contributed by atoms with Crippen LogP contribution in [0.3, 0.4) is 0 Å². The molecule has 0 unspecified atom stereocenters. The van der Waals surface area contributed by atoms with Crippen molar-refractivity contribution in [2.75, 3.05) is 13.1 Å². The molecule has 1 aliphatic heterocycles. The number of rotatable bonds is 4. The summed E-state index contributed by atoms with van der Waals surface area (Å²) < 4.78 is 2.32. The van der Waals surface area contributed by atoms with Gasteiger partial charge in [0.2, 0.25) is 0 Å². The van der Waals surface area contributed by atoms with Gasteiger partial charge in [-0.2, -0.15) is 0 Å². The van der Waals surface area contributed by atoms with E-state index in [1.54, 1.807) is 11.3 Å². The van der Waals surface area contributed by atoms with Crippen LogP contribution in [0.5, 0.6) is 0 Å². The summed E-state index contributed by atoms with van der Waals surface area (Å²) in [6.07, 6.45) is 4.50. The van der Waals surface area contributed by atoms with Crippen molar-refractivity contribution in [2.45, 2.75) is 39.2 Å². The maximum Gasteiger partial charge on any atom is 0.273 e. The Hall–Kier alpha value is -2.14. The second kappa shape index (κ2) is 7.00. The molecule has 3 aromatic rings. The minimum absolute atomic E-state index is 0.0837. The van der Waals surface area contributed by atoms with E-state index >= 15 is 0 Å². The van der Waals surface area contributed by atoms with Gasteiger partial charge in [-0.1, -0.05) is 25.1 Å². The molecule has 4 nitrogen and oxygen atoms in total. The van der Waals surface area contributed by atoms with E-state index in [1.807, 2.05) is 10.3 Å². The lowest BCUT2D eigenvalue weighted by Gasteiger charge is -2.25. The van der Waals surface area contributed by atoms with Crippen molar-refractivity contribution in [3.05, 3.63) is 41.4 Å². The highest BCUT2D eigenvalue weighted by Gasteiger charge is 2.22. The van der Waals surface area contributed by atoms with Gasteiger partial charge in [-0.05, 0) is 37.8 Å². The van der Waals surface area contributed by atoms with Crippen molar-refractivity contribution in [1.82, 2.24) is 14.5 Å². The highest BCUT2D eigenvalue weighted by Crippen LogP contribution is 2.31. The van der Waals surface area contributed by atoms with Crippen LogP contribution in [0.4, 0.5) is 0 Å². The zero-order valence-corrected chi connectivity index (χ0v) is 15.4. The molecule has 0 saturated carbocycles. The first-order chi connectivity index (χ1) is 12.3. The van der Waals surface area contributed by atoms with Gasteiger partial charge in [-0.15, -0.1) is 11.3 Å². The fourth-order valence-electron chi connectivity index (χ4n) is 3.60. The molecular formula is C20H23N3OS. The Morgan fingerprint density at radius 1 is 1.20 bits per heavy atom. The molecule has 4 rings (SSSR count). The lowest BCUT2D eigenvalue weighted by Crippen LogP contribution is -2.35. The quantitative estimate of drug-likeness (QED) is 0.676. The Bertz CT molecular complexity index is 889. The number of carbonyl (C=O) groups excluding carboxylic acids is 1. The molecular weight excluding hydrogens is 330 g/mol. The Morgan fingerprint density at radius 2 is 2.00 bits per heavy atom. The number of piperidine rings is 1. The third-order valence-corrected chi connectivity index (χ3v) is 5.71. The highest BCUT2D eigenvalue weighted by atomic mass is 32.1. The minimum Gasteiger partial charge on any atom is -0.339 e. The Kier molecular flexibility index (Phi) is 4.57. The standard InChI is InChI=1S/C20H23N3OS/c1-2-10-23-17-9-5-4-8-15(17)13-18(23)19-21-16(14-25-19)20(24)22-11-6-3-7-12-22/h4-5,8-9,13-14H,2-3,6-7,10-12H2,1H3. The average Bonchev–Trinajstić information content (AvgIpc) is 3.27. The third-order valence-electron chi connectivity index (χ3n) is 4.84. The molecule has 3 heterocycles. The Labute approximate surface area is 152 Å². The van der Waals surface area contributed by atoms with Gasteiger partial charge in [-0.25, -0.2) is 4.98 Å². The lowest BCUT2D eigenvalue weighted by molar-refractivity contribution is 0.0719. The number of hydrogen-bond donors (Lipinski definition) is 0. The molecule has 1 saturated heterocycles. The summed E-state index contributed by atoms with van der Waals surface area (Å²) in [5.41, 5.74) is 2.94. The predicted octanol–water partition coefficient (Wildman–Crippen LogP) is 4.80. The second-order valence-corrected chi connectivity index (χ2v) is 7.49. The summed E-state index contributed by atoms with van der Waals surface area (Å²) in [6.45, 7) is 4.87. The SMILES string of the molecule is CCCn1c(-c2nc(C(=O)N3CCCCC3)cs2)cc2ccccc21. The normalized spacial score (nSPS) is 15.0. The molecule has 0 aliphatic carbocycles. The zero-order valence-electron chi connectivity index (χ0n) is 14.6. The van der Waals surface area contributed by atoms with Crippen molar-refractivity contribution >= 4 is 28.1 Å². The number of aryl methyl sites for hydroxylation is 1. The maximum absolute atomic E-state index is 12.7. The molecule has 0 spiro atoms. The van der Waals surface area contributed by atoms with Crippen LogP contribution in [0, 0.1) is 0 Å². The molecule has 130 valence electrons. The number of benzene rings is 1. The van der Waals surface area contributed by atoms with E-state index in [1.165, 1.54) is 17.3 Å². The van der Waals surface area contributed by atoms with Crippen molar-refractivity contribution in [3.63, 3.8) is 0 Å². The summed E-state index contributed by atoms with van der Waals surface area (Å²) in [7, 11) is 0. The van der Waals surface area contributed by atoms with Gasteiger partial charge >= 0.3 is 0 Å². The number of fused-ring (bicyclic) bond motifs is 1. The largest absolute Gasteiger partial charge is 0.339 e. The van der Waals surface area contributed by atoms with E-state index in [2.05, 4.69) is 41.8 Å². The lowest BCUT2D eigenvalue weighted by atomic mass is 10.1. The number of hydrogen-bond acceptors (Lipinski definition) is 3. The van der Waals surface area contributed by atoms with Crippen molar-refractivity contribution in [2.24, 2.45) is 0 Å². The molecule has 1 fully saturated rings. The molecule has 1 aliphatic rings. The molecule has 0 radical (unpaired) electrons. The van der Waals surface area contributed by atoms with E-state index < -0.39 is 0 Å². The van der Waals surface area contributed by atoms with Crippen LogP contribution in [-0.2, 0) is 6.54 Å². The molecule has 25 heavy (non-hydrogen) atoms. The predicted molar refractivity (Wildman–Crippen MR) is 103 cm³/mol. The third kappa shape index (κ3) is 3.09. The number of thiazole rings is 1. The summed E-state index contributed by atoms with van der Waals surface area (Å²) in [5.74, 6) is 0.0837. The Morgan fingerprint density at radius 3 is 2.80 bits per heavy atom. The zero-order chi connectivity index (χ0) is 17.2. The second-order valence-electron chi connectivity index (χ2n) is 6.63. The van der Waals surface area contributed by atoms with E-state index in [-0.39, 0.29) is 5.91 Å². The van der Waals surface area contributed by atoms with Crippen LogP contribution in [0.25, 0.3) is 21.6 Å². The molecule has 2 aromatic heterocycles. The summed E-state index contributed by atoms with van der Waals surface area (Å²) in [4.78, 5) is 19.3. The molecule has 0 atom stereocenters. The number of carbonyl (C=O) groups is 1. The van der Waals surface area contributed by atoms with Gasteiger partial charge in [0.15, 0.2) is 0 Å². The molecule has 0 N–H and O–H groups in total. The number of amides is 1. The van der Waals surface area contributed by atoms with Crippen molar-refractivity contribution < 1.29 is 4.79 Å². The van der Waals surface area contributed by atoms with E-state index in [4.69, 9.17) is 4.98 Å². The topological polar surface area (TPSA) is 38.1 Å². The van der Waals surface area contributed by atoms with Gasteiger partial charge in [0.25, 0.3) is 5.91 Å². The number of nitrogens with zero attached hydrogens (tertiary/aromatic N) is 3. The number of likely N-dealkylation sites (tertiary alicyclic amines) is 1. The molecule has 0 bridgehead atoms. The van der Waals surface area contributed by atoms with Gasteiger partial charge in [0.1, 0.15) is 10.7 Å². The van der Waals surface area contributed by atoms with Gasteiger partial charge < -0.3 is 9.47 Å². The van der Waals surface area contributed by atoms with Gasteiger partial charge in [-0.3, -0.25) is 4.79 Å². The van der Waals surface area contributed by atoms with Crippen molar-refractivity contribution in [1.29, 1.82) is 0 Å². The molecule has 5 heteroatoms. The summed E-state index contributed by atoms with van der Waals surface area (Å²) in [5, 5.41) is 4.08. The summed E-state index contributed by atoms with van der Waals surface area (Å²) in [6, 6.07) is 10.6. The fourth-order valence-corrected chi connectivity index (χ4v) is 4.42. The monoisotopic (exact) mass is 353 g/mol. The highest BCUT2D eigenvalue weighted by molar-refractivity contribution is 7.13. The Balaban J connectivity index is 1.69. The first kappa shape index (κ1) is 16.3. The van der Waals surface area contributed by atoms with Crippen LogP contribution >= 0.6 is 11.3 Å². The average molecular weight is 353 g/mol. The van der Waals surface area contributed by atoms with Crippen LogP contribution in [-0.4, -0.2) is 33.4 Å². The first-order valence-corrected chi connectivity index (χ1v) is 9.99. The molecule has 1 aromatic carbocycles. The molecule has 1 amide bonds. The number of aromatic nitrogens is 2. The van der Waals surface area contributed by atoms with Gasteiger partial charge in [0.05, 0.1) is 5.69 Å². The van der Waals surface area contributed by atoms with Crippen LogP contribution in [0.2, 0.25) is 0 Å². The van der Waals surface area contributed by atoms with Gasteiger partial charge in [0, 0.05) is 35.9 Å². The minimum atomic E-state index is 0.0837.